The molecule has 3 rings (SSSR count). The summed E-state index contributed by atoms with van der Waals surface area (Å²) in [5.41, 5.74) is 3.83. The Morgan fingerprint density at radius 1 is 0.529 bits per heavy atom. The van der Waals surface area contributed by atoms with Gasteiger partial charge in [0, 0.05) is 5.92 Å². The Kier molecular flexibility index (Phi) is 2.63. The third kappa shape index (κ3) is 2.07. The van der Waals surface area contributed by atoms with Crippen LogP contribution >= 0.6 is 0 Å². The predicted molar refractivity (Wildman–Crippen MR) is 72.3 cm³/mol. The van der Waals surface area contributed by atoms with Gasteiger partial charge in [0.15, 0.2) is 0 Å². The molecule has 0 atom stereocenters. The first-order valence-electron chi connectivity index (χ1n) is 5.81. The van der Waals surface area contributed by atoms with E-state index in [2.05, 4.69) is 66.8 Å². The Bertz CT molecular complexity index is 547. The van der Waals surface area contributed by atoms with Gasteiger partial charge in [-0.3, -0.25) is 0 Å². The molecule has 2 aromatic carbocycles. The molecule has 0 aliphatic heterocycles. The minimum atomic E-state index is 1.27. The van der Waals surface area contributed by atoms with Crippen LogP contribution in [0.25, 0.3) is 5.57 Å². The summed E-state index contributed by atoms with van der Waals surface area (Å²) in [4.78, 5) is 0. The van der Waals surface area contributed by atoms with Gasteiger partial charge in [-0.1, -0.05) is 78.9 Å². The Balaban J connectivity index is 1.91. The van der Waals surface area contributed by atoms with Crippen LogP contribution < -0.4 is 0 Å². The van der Waals surface area contributed by atoms with E-state index in [1.807, 2.05) is 12.1 Å². The summed E-state index contributed by atoms with van der Waals surface area (Å²) in [6.45, 7) is 0. The lowest BCUT2D eigenvalue weighted by atomic mass is 10.00. The molecular weight excluding hydrogens is 204 g/mol. The van der Waals surface area contributed by atoms with Gasteiger partial charge in [-0.15, -0.1) is 0 Å². The zero-order valence-electron chi connectivity index (χ0n) is 9.51. The Labute approximate surface area is 102 Å². The number of allylic oxidation sites excluding steroid dienone is 4. The molecule has 0 amide bonds. The van der Waals surface area contributed by atoms with Gasteiger partial charge in [0.1, 0.15) is 0 Å². The van der Waals surface area contributed by atoms with Gasteiger partial charge < -0.3 is 0 Å². The van der Waals surface area contributed by atoms with E-state index in [0.29, 0.717) is 0 Å². The smallest absolute Gasteiger partial charge is 0.0491 e. The summed E-state index contributed by atoms with van der Waals surface area (Å²) in [6.07, 6.45) is 6.60. The van der Waals surface area contributed by atoms with Crippen LogP contribution in [0.2, 0.25) is 0 Å². The second-order valence-corrected chi connectivity index (χ2v) is 4.12. The van der Waals surface area contributed by atoms with Crippen LogP contribution in [0.4, 0.5) is 0 Å². The maximum absolute atomic E-state index is 2.24. The van der Waals surface area contributed by atoms with E-state index in [-0.39, 0.29) is 0 Å². The van der Waals surface area contributed by atoms with E-state index >= 15 is 0 Å². The summed E-state index contributed by atoms with van der Waals surface area (Å²) in [7, 11) is 0. The van der Waals surface area contributed by atoms with Crippen LogP contribution in [0.3, 0.4) is 0 Å². The van der Waals surface area contributed by atoms with Gasteiger partial charge >= 0.3 is 0 Å². The standard InChI is InChI=1S/C17H13/c1-3-7-14(8-4-1)16-11-12-17(13-16)15-9-5-2-6-10-15/h1-13H. The maximum Gasteiger partial charge on any atom is 0.0491 e. The van der Waals surface area contributed by atoms with Crippen molar-refractivity contribution >= 4 is 5.57 Å². The van der Waals surface area contributed by atoms with Crippen LogP contribution in [-0.2, 0) is 0 Å². The van der Waals surface area contributed by atoms with Crippen LogP contribution in [0.15, 0.2) is 78.9 Å². The Morgan fingerprint density at radius 2 is 1.12 bits per heavy atom. The predicted octanol–water partition coefficient (Wildman–Crippen LogP) is 4.26. The van der Waals surface area contributed by atoms with Crippen molar-refractivity contribution in [2.24, 2.45) is 0 Å². The summed E-state index contributed by atoms with van der Waals surface area (Å²) in [6, 6.07) is 21.0. The molecule has 1 aliphatic rings. The van der Waals surface area contributed by atoms with Crippen molar-refractivity contribution < 1.29 is 0 Å². The van der Waals surface area contributed by atoms with Crippen LogP contribution in [-0.4, -0.2) is 0 Å². The monoisotopic (exact) mass is 217 g/mol. The van der Waals surface area contributed by atoms with E-state index in [0.717, 1.165) is 0 Å². The first-order chi connectivity index (χ1) is 8.43. The summed E-state index contributed by atoms with van der Waals surface area (Å²) in [5.74, 6) is 1.28. The molecule has 17 heavy (non-hydrogen) atoms. The highest BCUT2D eigenvalue weighted by atomic mass is 14.2. The van der Waals surface area contributed by atoms with E-state index < -0.39 is 0 Å². The van der Waals surface area contributed by atoms with Crippen molar-refractivity contribution in [3.63, 3.8) is 0 Å². The molecular formula is C17H13. The first-order valence-corrected chi connectivity index (χ1v) is 5.81. The lowest BCUT2D eigenvalue weighted by Gasteiger charge is -2.03. The largest absolute Gasteiger partial charge is 0.0680 e. The van der Waals surface area contributed by atoms with E-state index in [4.69, 9.17) is 0 Å². The van der Waals surface area contributed by atoms with Crippen molar-refractivity contribution in [1.29, 1.82) is 0 Å². The summed E-state index contributed by atoms with van der Waals surface area (Å²) < 4.78 is 0. The zero-order chi connectivity index (χ0) is 11.5. The van der Waals surface area contributed by atoms with Gasteiger partial charge in [0.05, 0.1) is 0 Å². The molecule has 0 N–H and O–H groups in total. The molecule has 0 aromatic heterocycles. The van der Waals surface area contributed by atoms with Crippen molar-refractivity contribution in [3.05, 3.63) is 95.9 Å². The van der Waals surface area contributed by atoms with Crippen molar-refractivity contribution in [2.75, 3.05) is 0 Å². The third-order valence-electron chi connectivity index (χ3n) is 2.97. The molecule has 0 spiro atoms. The molecule has 0 saturated carbocycles. The maximum atomic E-state index is 2.24. The highest BCUT2D eigenvalue weighted by Gasteiger charge is 2.12. The van der Waals surface area contributed by atoms with Crippen LogP contribution in [0, 0.1) is 5.92 Å². The second kappa shape index (κ2) is 4.42. The molecule has 0 fully saturated rings. The Morgan fingerprint density at radius 3 is 1.76 bits per heavy atom. The summed E-state index contributed by atoms with van der Waals surface area (Å²) in [5, 5.41) is 0. The lowest BCUT2D eigenvalue weighted by molar-refractivity contribution is 1.39. The molecule has 0 bridgehead atoms. The number of hydrogen-bond acceptors (Lipinski definition) is 0. The zero-order valence-corrected chi connectivity index (χ0v) is 9.51. The van der Waals surface area contributed by atoms with Crippen molar-refractivity contribution in [2.45, 2.75) is 0 Å². The number of hydrogen-bond donors (Lipinski definition) is 0. The highest BCUT2D eigenvalue weighted by molar-refractivity contribution is 5.81. The lowest BCUT2D eigenvalue weighted by Crippen LogP contribution is -1.88. The number of benzene rings is 2. The molecule has 0 nitrogen and oxygen atoms in total. The Hall–Kier alpha value is -2.08. The average Bonchev–Trinajstić information content (AvgIpc) is 2.90. The fourth-order valence-electron chi connectivity index (χ4n) is 2.06. The molecule has 0 unspecified atom stereocenters. The summed E-state index contributed by atoms with van der Waals surface area (Å²) >= 11 is 0. The number of rotatable bonds is 2. The van der Waals surface area contributed by atoms with Gasteiger partial charge in [-0.25, -0.2) is 0 Å². The minimum absolute atomic E-state index is 1.27. The molecule has 0 heteroatoms. The van der Waals surface area contributed by atoms with Gasteiger partial charge in [0.2, 0.25) is 0 Å². The van der Waals surface area contributed by atoms with Crippen LogP contribution in [0.5, 0.6) is 0 Å². The quantitative estimate of drug-likeness (QED) is 0.705. The molecule has 0 heterocycles. The fraction of sp³-hybridized carbons (Fsp3) is 0. The SMILES string of the molecule is C1=CC(c2ccccc2)=C[C]1c1ccccc1. The normalized spacial score (nSPS) is 14.9. The van der Waals surface area contributed by atoms with Gasteiger partial charge in [-0.05, 0) is 16.7 Å². The minimum Gasteiger partial charge on any atom is -0.0680 e. The fourth-order valence-corrected chi connectivity index (χ4v) is 2.06. The third-order valence-corrected chi connectivity index (χ3v) is 2.97. The first kappa shape index (κ1) is 10.1. The topological polar surface area (TPSA) is 0 Å². The highest BCUT2D eigenvalue weighted by Crippen LogP contribution is 2.30. The van der Waals surface area contributed by atoms with Crippen molar-refractivity contribution in [3.8, 4) is 0 Å². The molecule has 1 aliphatic carbocycles. The molecule has 1 radical (unpaired) electrons. The van der Waals surface area contributed by atoms with Crippen molar-refractivity contribution in [1.82, 2.24) is 0 Å². The molecule has 0 saturated heterocycles. The van der Waals surface area contributed by atoms with Gasteiger partial charge in [0.25, 0.3) is 0 Å². The molecule has 2 aromatic rings. The van der Waals surface area contributed by atoms with E-state index in [1.165, 1.54) is 22.6 Å². The van der Waals surface area contributed by atoms with E-state index in [9.17, 15) is 0 Å². The second-order valence-electron chi connectivity index (χ2n) is 4.12. The van der Waals surface area contributed by atoms with E-state index in [1.54, 1.807) is 0 Å². The van der Waals surface area contributed by atoms with Gasteiger partial charge in [-0.2, -0.15) is 0 Å². The average molecular weight is 217 g/mol. The van der Waals surface area contributed by atoms with Crippen LogP contribution in [0.1, 0.15) is 11.1 Å². The molecule has 81 valence electrons.